The Kier molecular flexibility index (Phi) is 10.3. The summed E-state index contributed by atoms with van der Waals surface area (Å²) >= 11 is 0. The van der Waals surface area contributed by atoms with Crippen LogP contribution in [0.4, 0.5) is 5.69 Å². The normalized spacial score (nSPS) is 16.6. The Balaban J connectivity index is 0.00000264. The summed E-state index contributed by atoms with van der Waals surface area (Å²) in [6, 6.07) is 7.69. The Morgan fingerprint density at radius 3 is 2.71 bits per heavy atom. The molecule has 24 heavy (non-hydrogen) atoms. The molecule has 1 aliphatic rings. The van der Waals surface area contributed by atoms with E-state index >= 15 is 0 Å². The molecule has 1 aliphatic heterocycles. The average molecular weight is 378 g/mol. The van der Waals surface area contributed by atoms with Crippen LogP contribution in [0, 0.1) is 0 Å². The molecule has 0 atom stereocenters. The third-order valence-corrected chi connectivity index (χ3v) is 4.20. The van der Waals surface area contributed by atoms with Crippen molar-refractivity contribution in [3.8, 4) is 0 Å². The molecule has 0 radical (unpaired) electrons. The van der Waals surface area contributed by atoms with Gasteiger partial charge in [0.05, 0.1) is 13.2 Å². The highest BCUT2D eigenvalue weighted by Crippen LogP contribution is 2.18. The van der Waals surface area contributed by atoms with Gasteiger partial charge in [0.1, 0.15) is 0 Å². The number of ether oxygens (including phenoxy) is 1. The highest BCUT2D eigenvalue weighted by atomic mass is 35.5. The summed E-state index contributed by atoms with van der Waals surface area (Å²) in [6.45, 7) is 8.31. The van der Waals surface area contributed by atoms with Crippen LogP contribution < -0.4 is 11.1 Å². The van der Waals surface area contributed by atoms with Gasteiger partial charge in [-0.25, -0.2) is 0 Å². The zero-order chi connectivity index (χ0) is 16.0. The Morgan fingerprint density at radius 1 is 1.33 bits per heavy atom. The second-order valence-corrected chi connectivity index (χ2v) is 6.40. The van der Waals surface area contributed by atoms with Crippen molar-refractivity contribution < 1.29 is 9.53 Å². The third kappa shape index (κ3) is 6.85. The molecule has 138 valence electrons. The van der Waals surface area contributed by atoms with E-state index < -0.39 is 0 Å². The standard InChI is InChI=1S/C17H27N3O2.2ClH/c1-17(2)13-22-12-11-20(17)10-9-19-16(21)8-7-14-5-3-4-6-15(14)18;;/h3-6H,7-13,18H2,1-2H3,(H,19,21);2*1H. The second-order valence-electron chi connectivity index (χ2n) is 6.40. The number of nitrogens with zero attached hydrogens (tertiary/aromatic N) is 1. The van der Waals surface area contributed by atoms with E-state index in [4.69, 9.17) is 10.5 Å². The first kappa shape index (κ1) is 23.0. The van der Waals surface area contributed by atoms with Crippen LogP contribution in [-0.4, -0.2) is 49.2 Å². The number of hydrogen-bond acceptors (Lipinski definition) is 4. The fourth-order valence-corrected chi connectivity index (χ4v) is 2.73. The number of carbonyl (C=O) groups excluding carboxylic acids is 1. The number of morpholine rings is 1. The summed E-state index contributed by atoms with van der Waals surface area (Å²) in [7, 11) is 0. The van der Waals surface area contributed by atoms with Gasteiger partial charge >= 0.3 is 0 Å². The van der Waals surface area contributed by atoms with Crippen molar-refractivity contribution in [3.63, 3.8) is 0 Å². The Labute approximate surface area is 157 Å². The van der Waals surface area contributed by atoms with Crippen molar-refractivity contribution in [2.75, 3.05) is 38.6 Å². The van der Waals surface area contributed by atoms with E-state index in [2.05, 4.69) is 24.1 Å². The van der Waals surface area contributed by atoms with Crippen molar-refractivity contribution in [2.45, 2.75) is 32.2 Å². The number of benzene rings is 1. The van der Waals surface area contributed by atoms with Gasteiger partial charge in [0, 0.05) is 37.3 Å². The number of halogens is 2. The van der Waals surface area contributed by atoms with Gasteiger partial charge in [0.15, 0.2) is 0 Å². The van der Waals surface area contributed by atoms with Crippen LogP contribution in [0.2, 0.25) is 0 Å². The number of nitrogen functional groups attached to an aromatic ring is 1. The molecule has 7 heteroatoms. The number of amides is 1. The summed E-state index contributed by atoms with van der Waals surface area (Å²) in [6.07, 6.45) is 1.16. The highest BCUT2D eigenvalue weighted by Gasteiger charge is 2.29. The SMILES string of the molecule is CC1(C)COCCN1CCNC(=O)CCc1ccccc1N.Cl.Cl. The van der Waals surface area contributed by atoms with Crippen LogP contribution in [0.1, 0.15) is 25.8 Å². The van der Waals surface area contributed by atoms with E-state index in [-0.39, 0.29) is 36.3 Å². The molecule has 0 unspecified atom stereocenters. The van der Waals surface area contributed by atoms with E-state index in [0.29, 0.717) is 19.4 Å². The van der Waals surface area contributed by atoms with Crippen LogP contribution in [0.5, 0.6) is 0 Å². The summed E-state index contributed by atoms with van der Waals surface area (Å²) in [5.74, 6) is 0.0781. The van der Waals surface area contributed by atoms with Gasteiger partial charge in [-0.15, -0.1) is 24.8 Å². The number of para-hydroxylation sites is 1. The van der Waals surface area contributed by atoms with Gasteiger partial charge in [-0.2, -0.15) is 0 Å². The van der Waals surface area contributed by atoms with Crippen molar-refractivity contribution in [3.05, 3.63) is 29.8 Å². The van der Waals surface area contributed by atoms with E-state index in [1.807, 2.05) is 24.3 Å². The molecule has 0 aromatic heterocycles. The minimum absolute atomic E-state index is 0. The van der Waals surface area contributed by atoms with Crippen LogP contribution in [0.25, 0.3) is 0 Å². The number of rotatable bonds is 6. The molecule has 0 bridgehead atoms. The zero-order valence-corrected chi connectivity index (χ0v) is 16.0. The summed E-state index contributed by atoms with van der Waals surface area (Å²) < 4.78 is 5.50. The summed E-state index contributed by atoms with van der Waals surface area (Å²) in [5.41, 5.74) is 7.72. The van der Waals surface area contributed by atoms with Gasteiger partial charge in [0.2, 0.25) is 5.91 Å². The molecular formula is C17H29Cl2N3O2. The van der Waals surface area contributed by atoms with Crippen LogP contribution in [0.3, 0.4) is 0 Å². The predicted octanol–water partition coefficient (Wildman–Crippen LogP) is 2.27. The molecule has 1 aromatic carbocycles. The number of aryl methyl sites for hydroxylation is 1. The first-order chi connectivity index (χ1) is 10.5. The number of nitrogens with two attached hydrogens (primary N) is 1. The van der Waals surface area contributed by atoms with E-state index in [1.165, 1.54) is 0 Å². The molecular weight excluding hydrogens is 349 g/mol. The van der Waals surface area contributed by atoms with E-state index in [0.717, 1.165) is 37.6 Å². The van der Waals surface area contributed by atoms with Gasteiger partial charge in [-0.3, -0.25) is 9.69 Å². The third-order valence-electron chi connectivity index (χ3n) is 4.20. The smallest absolute Gasteiger partial charge is 0.220 e. The van der Waals surface area contributed by atoms with Crippen molar-refractivity contribution in [1.29, 1.82) is 0 Å². The van der Waals surface area contributed by atoms with E-state index in [9.17, 15) is 4.79 Å². The maximum atomic E-state index is 11.9. The van der Waals surface area contributed by atoms with Crippen LogP contribution in [-0.2, 0) is 16.0 Å². The van der Waals surface area contributed by atoms with Gasteiger partial charge in [-0.05, 0) is 31.9 Å². The average Bonchev–Trinajstić information content (AvgIpc) is 2.48. The monoisotopic (exact) mass is 377 g/mol. The quantitative estimate of drug-likeness (QED) is 0.746. The molecule has 1 heterocycles. The molecule has 5 nitrogen and oxygen atoms in total. The van der Waals surface area contributed by atoms with Gasteiger partial charge in [0.25, 0.3) is 0 Å². The molecule has 1 aromatic rings. The minimum atomic E-state index is 0. The number of nitrogens with one attached hydrogen (secondary N) is 1. The summed E-state index contributed by atoms with van der Waals surface area (Å²) in [4.78, 5) is 14.3. The Morgan fingerprint density at radius 2 is 2.04 bits per heavy atom. The van der Waals surface area contributed by atoms with Crippen molar-refractivity contribution >= 4 is 36.4 Å². The summed E-state index contributed by atoms with van der Waals surface area (Å²) in [5, 5.41) is 3.00. The molecule has 3 N–H and O–H groups in total. The first-order valence-electron chi connectivity index (χ1n) is 7.92. The Bertz CT molecular complexity index is 512. The predicted molar refractivity (Wildman–Crippen MR) is 103 cm³/mol. The highest BCUT2D eigenvalue weighted by molar-refractivity contribution is 5.85. The lowest BCUT2D eigenvalue weighted by Crippen LogP contribution is -2.54. The molecule has 1 amide bonds. The Hall–Kier alpha value is -1.01. The van der Waals surface area contributed by atoms with Crippen LogP contribution in [0.15, 0.2) is 24.3 Å². The molecule has 0 spiro atoms. The van der Waals surface area contributed by atoms with E-state index in [1.54, 1.807) is 0 Å². The van der Waals surface area contributed by atoms with Crippen LogP contribution >= 0.6 is 24.8 Å². The molecule has 1 saturated heterocycles. The molecule has 1 fully saturated rings. The number of carbonyl (C=O) groups is 1. The molecule has 0 saturated carbocycles. The minimum Gasteiger partial charge on any atom is -0.399 e. The number of anilines is 1. The fourth-order valence-electron chi connectivity index (χ4n) is 2.73. The van der Waals surface area contributed by atoms with Gasteiger partial charge in [-0.1, -0.05) is 18.2 Å². The van der Waals surface area contributed by atoms with Crippen molar-refractivity contribution in [1.82, 2.24) is 10.2 Å². The maximum absolute atomic E-state index is 11.9. The maximum Gasteiger partial charge on any atom is 0.220 e. The zero-order valence-electron chi connectivity index (χ0n) is 14.4. The van der Waals surface area contributed by atoms with Gasteiger partial charge < -0.3 is 15.8 Å². The molecule has 2 rings (SSSR count). The lowest BCUT2D eigenvalue weighted by atomic mass is 10.0. The topological polar surface area (TPSA) is 67.6 Å². The lowest BCUT2D eigenvalue weighted by molar-refractivity contribution is -0.121. The largest absolute Gasteiger partial charge is 0.399 e. The second kappa shape index (κ2) is 10.8. The first-order valence-corrected chi connectivity index (χ1v) is 7.92. The number of hydrogen-bond donors (Lipinski definition) is 2. The molecule has 0 aliphatic carbocycles. The van der Waals surface area contributed by atoms with Crippen molar-refractivity contribution in [2.24, 2.45) is 0 Å². The lowest BCUT2D eigenvalue weighted by Gasteiger charge is -2.42. The fraction of sp³-hybridized carbons (Fsp3) is 0.588.